The average molecular weight is 152 g/mol. The van der Waals surface area contributed by atoms with Crippen LogP contribution in [0, 0.1) is 17.8 Å². The van der Waals surface area contributed by atoms with Gasteiger partial charge in [-0.2, -0.15) is 0 Å². The summed E-state index contributed by atoms with van der Waals surface area (Å²) in [6.45, 7) is 2.29. The van der Waals surface area contributed by atoms with Gasteiger partial charge in [0.25, 0.3) is 0 Å². The van der Waals surface area contributed by atoms with Crippen LogP contribution in [0.3, 0.4) is 0 Å². The molecule has 2 saturated carbocycles. The predicted octanol–water partition coefficient (Wildman–Crippen LogP) is 2.40. The fraction of sp³-hybridized carbons (Fsp3) is 0.900. The third-order valence-electron chi connectivity index (χ3n) is 3.29. The molecule has 2 aliphatic carbocycles. The van der Waals surface area contributed by atoms with E-state index in [9.17, 15) is 4.79 Å². The third-order valence-corrected chi connectivity index (χ3v) is 3.29. The molecular formula is C10H16O. The first-order valence-electron chi connectivity index (χ1n) is 4.78. The molecule has 1 heteroatoms. The predicted molar refractivity (Wildman–Crippen MR) is 44.2 cm³/mol. The van der Waals surface area contributed by atoms with Crippen LogP contribution in [-0.2, 0) is 4.79 Å². The van der Waals surface area contributed by atoms with Crippen LogP contribution in [0.4, 0.5) is 0 Å². The first-order chi connectivity index (χ1) is 5.25. The van der Waals surface area contributed by atoms with Gasteiger partial charge in [-0.25, -0.2) is 0 Å². The third kappa shape index (κ3) is 1.33. The molecule has 0 aromatic carbocycles. The van der Waals surface area contributed by atoms with E-state index in [1.165, 1.54) is 25.7 Å². The lowest BCUT2D eigenvalue weighted by atomic mass is 9.68. The Bertz CT molecular complexity index is 172. The summed E-state index contributed by atoms with van der Waals surface area (Å²) in [5.41, 5.74) is 0. The van der Waals surface area contributed by atoms with Gasteiger partial charge < -0.3 is 0 Å². The number of fused-ring (bicyclic) bond motifs is 2. The smallest absolute Gasteiger partial charge is 0.136 e. The lowest BCUT2D eigenvalue weighted by molar-refractivity contribution is -0.127. The Morgan fingerprint density at radius 1 is 1.27 bits per heavy atom. The van der Waals surface area contributed by atoms with Crippen molar-refractivity contribution >= 4 is 5.78 Å². The van der Waals surface area contributed by atoms with Gasteiger partial charge >= 0.3 is 0 Å². The zero-order valence-electron chi connectivity index (χ0n) is 7.18. The molecule has 0 aliphatic heterocycles. The summed E-state index contributed by atoms with van der Waals surface area (Å²) in [5, 5.41) is 0. The average Bonchev–Trinajstić information content (AvgIpc) is 1.97. The standard InChI is InChI=1S/C10H16O/c1-7-4-8-2-3-10(11)9(5-7)6-8/h7-9H,2-6H2,1H3. The number of hydrogen-bond acceptors (Lipinski definition) is 1. The van der Waals surface area contributed by atoms with Crippen LogP contribution in [0.15, 0.2) is 0 Å². The van der Waals surface area contributed by atoms with Crippen LogP contribution in [0.1, 0.15) is 39.0 Å². The summed E-state index contributed by atoms with van der Waals surface area (Å²) in [4.78, 5) is 11.4. The van der Waals surface area contributed by atoms with E-state index in [4.69, 9.17) is 0 Å². The molecule has 0 N–H and O–H groups in total. The van der Waals surface area contributed by atoms with Gasteiger partial charge in [0.1, 0.15) is 5.78 Å². The molecule has 0 amide bonds. The molecule has 62 valence electrons. The van der Waals surface area contributed by atoms with Crippen molar-refractivity contribution in [1.82, 2.24) is 0 Å². The van der Waals surface area contributed by atoms with Crippen molar-refractivity contribution in [2.24, 2.45) is 17.8 Å². The summed E-state index contributed by atoms with van der Waals surface area (Å²) in [5.74, 6) is 2.70. The molecule has 2 rings (SSSR count). The number of Topliss-reactive ketones (excluding diaryl/α,β-unsaturated/α-hetero) is 1. The zero-order chi connectivity index (χ0) is 7.84. The van der Waals surface area contributed by atoms with Gasteiger partial charge in [0.05, 0.1) is 0 Å². The van der Waals surface area contributed by atoms with E-state index < -0.39 is 0 Å². The first kappa shape index (κ1) is 7.33. The minimum Gasteiger partial charge on any atom is -0.299 e. The summed E-state index contributed by atoms with van der Waals surface area (Å²) in [6, 6.07) is 0. The maximum Gasteiger partial charge on any atom is 0.136 e. The molecule has 0 aromatic rings. The monoisotopic (exact) mass is 152 g/mol. The van der Waals surface area contributed by atoms with E-state index in [1.54, 1.807) is 0 Å². The van der Waals surface area contributed by atoms with Crippen molar-refractivity contribution in [1.29, 1.82) is 0 Å². The van der Waals surface area contributed by atoms with Crippen LogP contribution < -0.4 is 0 Å². The van der Waals surface area contributed by atoms with Gasteiger partial charge in [-0.05, 0) is 37.5 Å². The van der Waals surface area contributed by atoms with Crippen LogP contribution >= 0.6 is 0 Å². The molecule has 3 atom stereocenters. The van der Waals surface area contributed by atoms with Crippen LogP contribution in [0.5, 0.6) is 0 Å². The lowest BCUT2D eigenvalue weighted by Gasteiger charge is -2.36. The molecule has 0 saturated heterocycles. The number of carbonyl (C=O) groups excluding carboxylic acids is 1. The van der Waals surface area contributed by atoms with E-state index >= 15 is 0 Å². The first-order valence-corrected chi connectivity index (χ1v) is 4.78. The van der Waals surface area contributed by atoms with Crippen molar-refractivity contribution in [3.05, 3.63) is 0 Å². The molecule has 0 radical (unpaired) electrons. The highest BCUT2D eigenvalue weighted by molar-refractivity contribution is 5.81. The van der Waals surface area contributed by atoms with Gasteiger partial charge in [-0.1, -0.05) is 6.92 Å². The SMILES string of the molecule is CC1CC2CCC(=O)C(C1)C2. The van der Waals surface area contributed by atoms with Gasteiger partial charge in [-0.15, -0.1) is 0 Å². The Morgan fingerprint density at radius 2 is 2.09 bits per heavy atom. The highest BCUT2D eigenvalue weighted by Gasteiger charge is 2.34. The molecule has 0 heterocycles. The quantitative estimate of drug-likeness (QED) is 0.521. The van der Waals surface area contributed by atoms with Crippen molar-refractivity contribution < 1.29 is 4.79 Å². The highest BCUT2D eigenvalue weighted by Crippen LogP contribution is 2.40. The number of rotatable bonds is 0. The van der Waals surface area contributed by atoms with E-state index in [0.717, 1.165) is 18.3 Å². The Balaban J connectivity index is 2.08. The van der Waals surface area contributed by atoms with Crippen molar-refractivity contribution in [2.75, 3.05) is 0 Å². The van der Waals surface area contributed by atoms with Gasteiger partial charge in [0.2, 0.25) is 0 Å². The topological polar surface area (TPSA) is 17.1 Å². The van der Waals surface area contributed by atoms with E-state index in [1.807, 2.05) is 0 Å². The fourth-order valence-electron chi connectivity index (χ4n) is 2.79. The second-order valence-electron chi connectivity index (χ2n) is 4.38. The summed E-state index contributed by atoms with van der Waals surface area (Å²) < 4.78 is 0. The number of carbonyl (C=O) groups is 1. The number of ketones is 1. The molecule has 0 aromatic heterocycles. The second-order valence-corrected chi connectivity index (χ2v) is 4.38. The second kappa shape index (κ2) is 2.62. The van der Waals surface area contributed by atoms with Gasteiger partial charge in [-0.3, -0.25) is 4.79 Å². The molecule has 11 heavy (non-hydrogen) atoms. The van der Waals surface area contributed by atoms with Crippen molar-refractivity contribution in [3.63, 3.8) is 0 Å². The Labute approximate surface area is 68.2 Å². The maximum absolute atomic E-state index is 11.4. The largest absolute Gasteiger partial charge is 0.299 e. The lowest BCUT2D eigenvalue weighted by Crippen LogP contribution is -2.32. The van der Waals surface area contributed by atoms with E-state index in [2.05, 4.69) is 6.92 Å². The Morgan fingerprint density at radius 3 is 2.91 bits per heavy atom. The molecule has 2 aliphatic rings. The molecule has 1 nitrogen and oxygen atoms in total. The summed E-state index contributed by atoms with van der Waals surface area (Å²) in [6.07, 6.45) is 5.82. The fourth-order valence-corrected chi connectivity index (χ4v) is 2.79. The van der Waals surface area contributed by atoms with Crippen LogP contribution in [0.25, 0.3) is 0 Å². The summed E-state index contributed by atoms with van der Waals surface area (Å²) >= 11 is 0. The number of hydrogen-bond donors (Lipinski definition) is 0. The molecule has 2 bridgehead atoms. The normalized spacial score (nSPS) is 44.1. The molecule has 2 fully saturated rings. The van der Waals surface area contributed by atoms with Crippen LogP contribution in [0.2, 0.25) is 0 Å². The zero-order valence-corrected chi connectivity index (χ0v) is 7.18. The Hall–Kier alpha value is -0.330. The van der Waals surface area contributed by atoms with Crippen molar-refractivity contribution in [3.8, 4) is 0 Å². The van der Waals surface area contributed by atoms with E-state index in [0.29, 0.717) is 11.7 Å². The molecule has 0 spiro atoms. The minimum atomic E-state index is 0.456. The van der Waals surface area contributed by atoms with Gasteiger partial charge in [0, 0.05) is 12.3 Å². The van der Waals surface area contributed by atoms with Gasteiger partial charge in [0.15, 0.2) is 0 Å². The molecular weight excluding hydrogens is 136 g/mol. The summed E-state index contributed by atoms with van der Waals surface area (Å²) in [7, 11) is 0. The Kier molecular flexibility index (Phi) is 1.74. The molecule has 3 unspecified atom stereocenters. The van der Waals surface area contributed by atoms with Crippen LogP contribution in [-0.4, -0.2) is 5.78 Å². The van der Waals surface area contributed by atoms with Crippen molar-refractivity contribution in [2.45, 2.75) is 39.0 Å². The highest BCUT2D eigenvalue weighted by atomic mass is 16.1. The maximum atomic E-state index is 11.4. The van der Waals surface area contributed by atoms with E-state index in [-0.39, 0.29) is 0 Å². The minimum absolute atomic E-state index is 0.456.